The molecule has 0 radical (unpaired) electrons. The average Bonchev–Trinajstić information content (AvgIpc) is 3.21. The fraction of sp³-hybridized carbons (Fsp3) is 0.345. The van der Waals surface area contributed by atoms with E-state index in [4.69, 9.17) is 16.6 Å². The maximum absolute atomic E-state index is 14.1. The summed E-state index contributed by atoms with van der Waals surface area (Å²) in [5, 5.41) is 1.89. The molecule has 0 aliphatic heterocycles. The minimum Gasteiger partial charge on any atom is -0.293 e. The molecule has 1 unspecified atom stereocenters. The molecule has 1 aliphatic carbocycles. The van der Waals surface area contributed by atoms with Crippen LogP contribution in [0.1, 0.15) is 53.6 Å². The summed E-state index contributed by atoms with van der Waals surface area (Å²) in [5.41, 5.74) is 3.75. The van der Waals surface area contributed by atoms with Gasteiger partial charge in [0, 0.05) is 15.5 Å². The second kappa shape index (κ2) is 9.81. The van der Waals surface area contributed by atoms with Gasteiger partial charge in [-0.1, -0.05) is 62.3 Å². The van der Waals surface area contributed by atoms with Crippen LogP contribution in [0.15, 0.2) is 58.5 Å². The molecule has 0 saturated carbocycles. The Morgan fingerprint density at radius 3 is 2.58 bits per heavy atom. The van der Waals surface area contributed by atoms with Crippen LogP contribution in [0.2, 0.25) is 5.02 Å². The summed E-state index contributed by atoms with van der Waals surface area (Å²) in [7, 11) is 0. The zero-order chi connectivity index (χ0) is 25.6. The van der Waals surface area contributed by atoms with Crippen molar-refractivity contribution in [2.45, 2.75) is 52.1 Å². The van der Waals surface area contributed by atoms with Gasteiger partial charge in [-0.2, -0.15) is 0 Å². The van der Waals surface area contributed by atoms with E-state index in [9.17, 15) is 9.59 Å². The first-order chi connectivity index (χ1) is 17.1. The van der Waals surface area contributed by atoms with Gasteiger partial charge in [0.15, 0.2) is 10.9 Å². The van der Waals surface area contributed by atoms with E-state index in [1.54, 1.807) is 40.2 Å². The van der Waals surface area contributed by atoms with Crippen LogP contribution in [-0.2, 0) is 12.8 Å². The number of halogens is 1. The van der Waals surface area contributed by atoms with Gasteiger partial charge in [0.2, 0.25) is 0 Å². The summed E-state index contributed by atoms with van der Waals surface area (Å²) in [6, 6.07) is 14.7. The maximum Gasteiger partial charge on any atom is 0.267 e. The van der Waals surface area contributed by atoms with E-state index >= 15 is 0 Å². The largest absolute Gasteiger partial charge is 0.293 e. The highest BCUT2D eigenvalue weighted by Gasteiger charge is 2.32. The zero-order valence-electron chi connectivity index (χ0n) is 20.9. The standard InChI is InChI=1S/C29H29ClN2O2S2/c1-17-7-5-6-8-22(17)32-27(34)25-21-14-11-19(29(2,3)4)15-24(21)36-26(25)31-28(32)35-16-23(33)18-9-12-20(30)13-10-18/h5-10,12-13,19H,11,14-16H2,1-4H3. The molecule has 0 fully saturated rings. The number of aromatic nitrogens is 2. The van der Waals surface area contributed by atoms with Gasteiger partial charge in [0.25, 0.3) is 5.56 Å². The lowest BCUT2D eigenvalue weighted by Gasteiger charge is -2.33. The molecule has 4 aromatic rings. The van der Waals surface area contributed by atoms with Crippen LogP contribution in [0, 0.1) is 18.3 Å². The smallest absolute Gasteiger partial charge is 0.267 e. The highest BCUT2D eigenvalue weighted by Crippen LogP contribution is 2.42. The Morgan fingerprint density at radius 1 is 1.17 bits per heavy atom. The van der Waals surface area contributed by atoms with Crippen molar-refractivity contribution in [3.8, 4) is 5.69 Å². The molecule has 5 rings (SSSR count). The highest BCUT2D eigenvalue weighted by molar-refractivity contribution is 7.99. The van der Waals surface area contributed by atoms with Crippen molar-refractivity contribution in [2.24, 2.45) is 11.3 Å². The van der Waals surface area contributed by atoms with Crippen LogP contribution in [0.5, 0.6) is 0 Å². The van der Waals surface area contributed by atoms with Gasteiger partial charge in [0.1, 0.15) is 4.83 Å². The number of hydrogen-bond acceptors (Lipinski definition) is 5. The van der Waals surface area contributed by atoms with Gasteiger partial charge in [0.05, 0.1) is 16.8 Å². The fourth-order valence-corrected chi connectivity index (χ4v) is 7.29. The topological polar surface area (TPSA) is 52.0 Å². The zero-order valence-corrected chi connectivity index (χ0v) is 23.3. The monoisotopic (exact) mass is 536 g/mol. The SMILES string of the molecule is Cc1ccccc1-n1c(SCC(=O)c2ccc(Cl)cc2)nc2sc3c(c2c1=O)CCC(C(C)(C)C)C3. The van der Waals surface area contributed by atoms with E-state index < -0.39 is 0 Å². The van der Waals surface area contributed by atoms with Crippen molar-refractivity contribution in [3.63, 3.8) is 0 Å². The molecular weight excluding hydrogens is 508 g/mol. The van der Waals surface area contributed by atoms with Gasteiger partial charge in [-0.05, 0) is 79.0 Å². The van der Waals surface area contributed by atoms with E-state index in [-0.39, 0.29) is 22.5 Å². The normalized spacial score (nSPS) is 15.8. The summed E-state index contributed by atoms with van der Waals surface area (Å²) in [6.45, 7) is 8.89. The first-order valence-corrected chi connectivity index (χ1v) is 14.4. The highest BCUT2D eigenvalue weighted by atomic mass is 35.5. The van der Waals surface area contributed by atoms with Crippen LogP contribution in [0.4, 0.5) is 0 Å². The Hall–Kier alpha value is -2.41. The van der Waals surface area contributed by atoms with Crippen molar-refractivity contribution in [1.82, 2.24) is 9.55 Å². The van der Waals surface area contributed by atoms with Crippen LogP contribution in [0.25, 0.3) is 15.9 Å². The third-order valence-corrected chi connectivity index (χ3v) is 9.47. The van der Waals surface area contributed by atoms with E-state index in [1.165, 1.54) is 22.2 Å². The molecule has 36 heavy (non-hydrogen) atoms. The Labute approximate surface area is 224 Å². The van der Waals surface area contributed by atoms with Gasteiger partial charge in [-0.3, -0.25) is 14.2 Å². The van der Waals surface area contributed by atoms with E-state index in [1.807, 2.05) is 31.2 Å². The maximum atomic E-state index is 14.1. The van der Waals surface area contributed by atoms with Crippen molar-refractivity contribution in [3.05, 3.63) is 85.5 Å². The molecule has 186 valence electrons. The Balaban J connectivity index is 1.60. The lowest BCUT2D eigenvalue weighted by atomic mass is 9.72. The molecule has 0 saturated heterocycles. The third kappa shape index (κ3) is 4.79. The molecule has 4 nitrogen and oxygen atoms in total. The lowest BCUT2D eigenvalue weighted by Crippen LogP contribution is -2.27. The predicted octanol–water partition coefficient (Wildman–Crippen LogP) is 7.54. The predicted molar refractivity (Wildman–Crippen MR) is 151 cm³/mol. The van der Waals surface area contributed by atoms with Gasteiger partial charge < -0.3 is 0 Å². The quantitative estimate of drug-likeness (QED) is 0.150. The third-order valence-electron chi connectivity index (χ3n) is 7.13. The molecule has 0 amide bonds. The van der Waals surface area contributed by atoms with E-state index in [0.29, 0.717) is 21.7 Å². The van der Waals surface area contributed by atoms with Crippen LogP contribution < -0.4 is 5.56 Å². The minimum atomic E-state index is -0.0394. The number of carbonyl (C=O) groups is 1. The van der Waals surface area contributed by atoms with E-state index in [0.717, 1.165) is 40.7 Å². The molecule has 0 spiro atoms. The summed E-state index contributed by atoms with van der Waals surface area (Å²) < 4.78 is 1.71. The van der Waals surface area contributed by atoms with Gasteiger partial charge >= 0.3 is 0 Å². The number of aryl methyl sites for hydroxylation is 2. The average molecular weight is 537 g/mol. The minimum absolute atomic E-state index is 0.0270. The lowest BCUT2D eigenvalue weighted by molar-refractivity contribution is 0.102. The summed E-state index contributed by atoms with van der Waals surface area (Å²) in [5.74, 6) is 0.742. The molecule has 7 heteroatoms. The number of thioether (sulfide) groups is 1. The number of ketones is 1. The number of fused-ring (bicyclic) bond motifs is 3. The Bertz CT molecular complexity index is 1510. The van der Waals surface area contributed by atoms with Crippen LogP contribution in [-0.4, -0.2) is 21.1 Å². The van der Waals surface area contributed by atoms with Crippen molar-refractivity contribution >= 4 is 50.7 Å². The number of carbonyl (C=O) groups excluding carboxylic acids is 1. The van der Waals surface area contributed by atoms with Crippen molar-refractivity contribution in [1.29, 1.82) is 0 Å². The molecule has 0 bridgehead atoms. The number of nitrogens with zero attached hydrogens (tertiary/aromatic N) is 2. The molecule has 2 heterocycles. The summed E-state index contributed by atoms with van der Waals surface area (Å²) in [6.07, 6.45) is 2.98. The number of benzene rings is 2. The second-order valence-corrected chi connectivity index (χ2v) is 13.0. The second-order valence-electron chi connectivity index (χ2n) is 10.5. The van der Waals surface area contributed by atoms with Crippen molar-refractivity contribution < 1.29 is 4.79 Å². The van der Waals surface area contributed by atoms with Gasteiger partial charge in [-0.25, -0.2) is 4.98 Å². The molecule has 2 aromatic heterocycles. The van der Waals surface area contributed by atoms with Crippen molar-refractivity contribution in [2.75, 3.05) is 5.75 Å². The molecule has 0 N–H and O–H groups in total. The summed E-state index contributed by atoms with van der Waals surface area (Å²) in [4.78, 5) is 34.1. The first kappa shape index (κ1) is 25.2. The number of hydrogen-bond donors (Lipinski definition) is 0. The Morgan fingerprint density at radius 2 is 1.89 bits per heavy atom. The fourth-order valence-electron chi connectivity index (χ4n) is 4.92. The number of Topliss-reactive ketones (excluding diaryl/α,β-unsaturated/α-hetero) is 1. The molecule has 2 aromatic carbocycles. The first-order valence-electron chi connectivity index (χ1n) is 12.2. The Kier molecular flexibility index (Phi) is 6.88. The summed E-state index contributed by atoms with van der Waals surface area (Å²) >= 11 is 8.94. The van der Waals surface area contributed by atoms with Gasteiger partial charge in [-0.15, -0.1) is 11.3 Å². The molecule has 1 aliphatic rings. The molecular formula is C29H29ClN2O2S2. The number of para-hydroxylation sites is 1. The number of rotatable bonds is 5. The van der Waals surface area contributed by atoms with Crippen LogP contribution in [0.3, 0.4) is 0 Å². The van der Waals surface area contributed by atoms with E-state index in [2.05, 4.69) is 20.8 Å². The van der Waals surface area contributed by atoms with Crippen LogP contribution >= 0.6 is 34.7 Å². The molecule has 1 atom stereocenters. The number of thiophene rings is 1.